The molecule has 0 fully saturated rings. The number of rotatable bonds is 5. The number of carbonyl (C=O) groups is 1. The summed E-state index contributed by atoms with van der Waals surface area (Å²) < 4.78 is 65.1. The van der Waals surface area contributed by atoms with Crippen molar-refractivity contribution in [2.75, 3.05) is 20.8 Å². The van der Waals surface area contributed by atoms with Crippen LogP contribution in [0.25, 0.3) is 0 Å². The fraction of sp³-hybridized carbons (Fsp3) is 0.250. The van der Waals surface area contributed by atoms with Crippen molar-refractivity contribution in [3.8, 4) is 0 Å². The van der Waals surface area contributed by atoms with Gasteiger partial charge in [-0.2, -0.15) is 0 Å². The number of halogens is 4. The van der Waals surface area contributed by atoms with Crippen LogP contribution in [0.1, 0.15) is 18.2 Å². The molecule has 0 amide bonds. The first-order valence-electron chi connectivity index (χ1n) is 8.66. The highest BCUT2D eigenvalue weighted by molar-refractivity contribution is 6.03. The molecular formula is C20H17F4N3O3. The molecule has 1 N–H and O–H groups in total. The van der Waals surface area contributed by atoms with Crippen LogP contribution in [0.3, 0.4) is 0 Å². The number of amidine groups is 1. The van der Waals surface area contributed by atoms with Gasteiger partial charge in [-0.1, -0.05) is 6.07 Å². The lowest BCUT2D eigenvalue weighted by Crippen LogP contribution is -2.43. The summed E-state index contributed by atoms with van der Waals surface area (Å²) in [6.07, 6.45) is 0.799. The van der Waals surface area contributed by atoms with Crippen LogP contribution in [0.15, 0.2) is 46.7 Å². The van der Waals surface area contributed by atoms with E-state index in [1.807, 2.05) is 0 Å². The van der Waals surface area contributed by atoms with Crippen LogP contribution in [0.4, 0.5) is 17.6 Å². The minimum absolute atomic E-state index is 0.0517. The molecular weight excluding hydrogens is 406 g/mol. The number of hydrogen-bond donors (Lipinski definition) is 1. The maximum Gasteiger partial charge on any atom is 0.338 e. The topological polar surface area (TPSA) is 72.8 Å². The molecule has 0 saturated carbocycles. The summed E-state index contributed by atoms with van der Waals surface area (Å²) in [4.78, 5) is 20.7. The quantitative estimate of drug-likeness (QED) is 0.592. The molecule has 1 atom stereocenters. The van der Waals surface area contributed by atoms with E-state index in [9.17, 15) is 22.4 Å². The van der Waals surface area contributed by atoms with Crippen LogP contribution in [0, 0.1) is 23.3 Å². The Balaban J connectivity index is 2.29. The van der Waals surface area contributed by atoms with E-state index in [1.54, 1.807) is 0 Å². The van der Waals surface area contributed by atoms with Gasteiger partial charge in [0, 0.05) is 13.2 Å². The smallest absolute Gasteiger partial charge is 0.338 e. The highest BCUT2D eigenvalue weighted by Crippen LogP contribution is 2.39. The fourth-order valence-electron chi connectivity index (χ4n) is 3.19. The lowest BCUT2D eigenvalue weighted by Gasteiger charge is -2.35. The van der Waals surface area contributed by atoms with Crippen molar-refractivity contribution in [3.05, 3.63) is 76.3 Å². The summed E-state index contributed by atoms with van der Waals surface area (Å²) in [6.45, 7) is 1.30. The second-order valence-corrected chi connectivity index (χ2v) is 6.55. The summed E-state index contributed by atoms with van der Waals surface area (Å²) in [5, 5.41) is 2.76. The molecule has 1 aliphatic heterocycles. The van der Waals surface area contributed by atoms with Crippen LogP contribution in [-0.4, -0.2) is 37.6 Å². The van der Waals surface area contributed by atoms with Gasteiger partial charge in [0.25, 0.3) is 0 Å². The number of nitrogens with one attached hydrogen (secondary N) is 1. The standard InChI is InChI=1S/C20H17F4N3O3/c1-20(10-4-5-12(22)13(23)6-10)16(19(28)30-3)15(9-29-2)26-18(27-20)17-14(24)7-11(21)8-25-17/h4-8H,9H2,1-3H3,(H,26,27). The van der Waals surface area contributed by atoms with Gasteiger partial charge in [-0.3, -0.25) is 0 Å². The molecule has 158 valence electrons. The second-order valence-electron chi connectivity index (χ2n) is 6.55. The first-order chi connectivity index (χ1) is 14.2. The van der Waals surface area contributed by atoms with E-state index in [0.717, 1.165) is 25.4 Å². The molecule has 10 heteroatoms. The average molecular weight is 423 g/mol. The van der Waals surface area contributed by atoms with Crippen LogP contribution < -0.4 is 5.32 Å². The van der Waals surface area contributed by atoms with Gasteiger partial charge >= 0.3 is 5.97 Å². The highest BCUT2D eigenvalue weighted by Gasteiger charge is 2.43. The SMILES string of the molecule is COCC1=C(C(=O)OC)C(C)(c2ccc(F)c(F)c2)N=C(c2ncc(F)cc2F)N1. The van der Waals surface area contributed by atoms with Crippen LogP contribution in [-0.2, 0) is 19.8 Å². The van der Waals surface area contributed by atoms with Gasteiger partial charge in [0.1, 0.15) is 17.1 Å². The Labute approximate surface area is 169 Å². The molecule has 0 spiro atoms. The number of carbonyl (C=O) groups excluding carboxylic acids is 1. The number of pyridine rings is 1. The molecule has 1 unspecified atom stereocenters. The van der Waals surface area contributed by atoms with E-state index in [2.05, 4.69) is 15.3 Å². The lowest BCUT2D eigenvalue weighted by atomic mass is 9.82. The Hall–Kier alpha value is -3.27. The van der Waals surface area contributed by atoms with Gasteiger partial charge in [0.2, 0.25) is 0 Å². The number of aliphatic imine (C=N–C) groups is 1. The number of esters is 1. The third-order valence-corrected chi connectivity index (χ3v) is 4.59. The zero-order valence-electron chi connectivity index (χ0n) is 16.2. The first-order valence-corrected chi connectivity index (χ1v) is 8.66. The van der Waals surface area contributed by atoms with Gasteiger partial charge < -0.3 is 14.8 Å². The zero-order valence-corrected chi connectivity index (χ0v) is 16.2. The van der Waals surface area contributed by atoms with Crippen LogP contribution >= 0.6 is 0 Å². The molecule has 2 heterocycles. The van der Waals surface area contributed by atoms with Gasteiger partial charge in [0.05, 0.1) is 31.2 Å². The summed E-state index contributed by atoms with van der Waals surface area (Å²) in [6, 6.07) is 3.63. The molecule has 6 nitrogen and oxygen atoms in total. The molecule has 30 heavy (non-hydrogen) atoms. The van der Waals surface area contributed by atoms with Crippen LogP contribution in [0.2, 0.25) is 0 Å². The van der Waals surface area contributed by atoms with Crippen molar-refractivity contribution in [3.63, 3.8) is 0 Å². The van der Waals surface area contributed by atoms with E-state index < -0.39 is 34.8 Å². The Morgan fingerprint density at radius 2 is 1.83 bits per heavy atom. The largest absolute Gasteiger partial charge is 0.466 e. The van der Waals surface area contributed by atoms with Crippen molar-refractivity contribution in [2.24, 2.45) is 4.99 Å². The van der Waals surface area contributed by atoms with Crippen molar-refractivity contribution in [1.82, 2.24) is 10.3 Å². The van der Waals surface area contributed by atoms with Gasteiger partial charge in [-0.15, -0.1) is 0 Å². The van der Waals surface area contributed by atoms with Gasteiger partial charge in [-0.25, -0.2) is 32.3 Å². The Morgan fingerprint density at radius 1 is 1.10 bits per heavy atom. The molecule has 2 aromatic rings. The summed E-state index contributed by atoms with van der Waals surface area (Å²) in [7, 11) is 2.51. The predicted molar refractivity (Wildman–Crippen MR) is 98.5 cm³/mol. The molecule has 1 aromatic heterocycles. The predicted octanol–water partition coefficient (Wildman–Crippen LogP) is 2.98. The number of ether oxygens (including phenoxy) is 2. The third kappa shape index (κ3) is 3.78. The molecule has 0 bridgehead atoms. The number of benzene rings is 1. The molecule has 1 aromatic carbocycles. The maximum atomic E-state index is 14.4. The van der Waals surface area contributed by atoms with E-state index in [4.69, 9.17) is 9.47 Å². The van der Waals surface area contributed by atoms with E-state index in [0.29, 0.717) is 6.07 Å². The first kappa shape index (κ1) is 21.4. The van der Waals surface area contributed by atoms with Crippen molar-refractivity contribution in [2.45, 2.75) is 12.5 Å². The Morgan fingerprint density at radius 3 is 2.43 bits per heavy atom. The molecule has 0 radical (unpaired) electrons. The van der Waals surface area contributed by atoms with Crippen molar-refractivity contribution >= 4 is 11.8 Å². The maximum absolute atomic E-state index is 14.4. The summed E-state index contributed by atoms with van der Waals surface area (Å²) >= 11 is 0. The lowest BCUT2D eigenvalue weighted by molar-refractivity contribution is -0.137. The Kier molecular flexibility index (Phi) is 5.88. The molecule has 0 aliphatic carbocycles. The monoisotopic (exact) mass is 423 g/mol. The van der Waals surface area contributed by atoms with Crippen molar-refractivity contribution < 1.29 is 31.8 Å². The van der Waals surface area contributed by atoms with Gasteiger partial charge in [0.15, 0.2) is 23.3 Å². The number of aromatic nitrogens is 1. The highest BCUT2D eigenvalue weighted by atomic mass is 19.2. The average Bonchev–Trinajstić information content (AvgIpc) is 2.69. The van der Waals surface area contributed by atoms with E-state index in [-0.39, 0.29) is 35.0 Å². The van der Waals surface area contributed by atoms with Crippen LogP contribution in [0.5, 0.6) is 0 Å². The van der Waals surface area contributed by atoms with E-state index >= 15 is 0 Å². The Bertz CT molecular complexity index is 1070. The number of hydrogen-bond acceptors (Lipinski definition) is 6. The number of methoxy groups -OCH3 is 2. The van der Waals surface area contributed by atoms with Gasteiger partial charge in [-0.05, 0) is 24.6 Å². The summed E-state index contributed by atoms with van der Waals surface area (Å²) in [5.74, 6) is -5.11. The normalized spacial score (nSPS) is 18.7. The second kappa shape index (κ2) is 8.23. The fourth-order valence-corrected chi connectivity index (χ4v) is 3.19. The molecule has 1 aliphatic rings. The number of nitrogens with zero attached hydrogens (tertiary/aromatic N) is 2. The molecule has 3 rings (SSSR count). The minimum atomic E-state index is -1.63. The van der Waals surface area contributed by atoms with Crippen molar-refractivity contribution in [1.29, 1.82) is 0 Å². The summed E-state index contributed by atoms with van der Waals surface area (Å²) in [5.41, 5.74) is -1.77. The molecule has 0 saturated heterocycles. The minimum Gasteiger partial charge on any atom is -0.466 e. The third-order valence-electron chi connectivity index (χ3n) is 4.59. The van der Waals surface area contributed by atoms with E-state index in [1.165, 1.54) is 20.1 Å². The zero-order chi connectivity index (χ0) is 22.1.